The first-order chi connectivity index (χ1) is 13.4. The number of nitrogens with zero attached hydrogens (tertiary/aromatic N) is 2. The lowest BCUT2D eigenvalue weighted by atomic mass is 9.95. The van der Waals surface area contributed by atoms with Crippen LogP contribution in [-0.2, 0) is 0 Å². The smallest absolute Gasteiger partial charge is 0.141 e. The van der Waals surface area contributed by atoms with Crippen LogP contribution in [0.2, 0.25) is 0 Å². The fourth-order valence-electron chi connectivity index (χ4n) is 4.40. The molecule has 3 aromatic carbocycles. The van der Waals surface area contributed by atoms with Crippen LogP contribution < -0.4 is 0 Å². The summed E-state index contributed by atoms with van der Waals surface area (Å²) >= 11 is 0. The summed E-state index contributed by atoms with van der Waals surface area (Å²) in [5.41, 5.74) is 3.50. The van der Waals surface area contributed by atoms with Gasteiger partial charge in [-0.3, -0.25) is 0 Å². The molecule has 4 aromatic rings. The maximum atomic E-state index is 5.14. The normalized spacial score (nSPS) is 15.3. The largest absolute Gasteiger partial charge is 0.327 e. The highest BCUT2D eigenvalue weighted by Gasteiger charge is 2.21. The van der Waals surface area contributed by atoms with E-state index in [1.165, 1.54) is 54.0 Å². The number of imidazole rings is 1. The van der Waals surface area contributed by atoms with Gasteiger partial charge in [0.1, 0.15) is 5.82 Å². The van der Waals surface area contributed by atoms with Crippen LogP contribution in [0, 0.1) is 0 Å². The quantitative estimate of drug-likeness (QED) is 0.393. The molecule has 2 nitrogen and oxygen atoms in total. The fourth-order valence-corrected chi connectivity index (χ4v) is 4.40. The Labute approximate surface area is 160 Å². The highest BCUT2D eigenvalue weighted by atomic mass is 15.1. The summed E-state index contributed by atoms with van der Waals surface area (Å²) < 4.78 is 2.46. The van der Waals surface area contributed by atoms with E-state index in [1.807, 2.05) is 0 Å². The number of rotatable bonds is 3. The van der Waals surface area contributed by atoms with Gasteiger partial charge in [-0.05, 0) is 23.6 Å². The molecule has 5 rings (SSSR count). The summed E-state index contributed by atoms with van der Waals surface area (Å²) in [6.07, 6.45) is 8.78. The summed E-state index contributed by atoms with van der Waals surface area (Å²) in [5.74, 6) is 1.11. The molecule has 0 saturated heterocycles. The first-order valence-corrected chi connectivity index (χ1v) is 10.0. The monoisotopic (exact) mass is 352 g/mol. The molecule has 1 aromatic heterocycles. The lowest BCUT2D eigenvalue weighted by Crippen LogP contribution is -2.13. The third-order valence-electron chi connectivity index (χ3n) is 5.80. The molecule has 0 radical (unpaired) electrons. The van der Waals surface area contributed by atoms with Gasteiger partial charge in [0.2, 0.25) is 0 Å². The van der Waals surface area contributed by atoms with E-state index in [0.29, 0.717) is 6.04 Å². The highest BCUT2D eigenvalue weighted by Crippen LogP contribution is 2.36. The Kier molecular flexibility index (Phi) is 4.25. The second-order valence-corrected chi connectivity index (χ2v) is 7.54. The summed E-state index contributed by atoms with van der Waals surface area (Å²) in [7, 11) is 0. The molecule has 134 valence electrons. The summed E-state index contributed by atoms with van der Waals surface area (Å²) in [6.45, 7) is 0. The highest BCUT2D eigenvalue weighted by molar-refractivity contribution is 5.95. The van der Waals surface area contributed by atoms with E-state index in [9.17, 15) is 0 Å². The molecule has 0 N–H and O–H groups in total. The van der Waals surface area contributed by atoms with Crippen molar-refractivity contribution >= 4 is 10.8 Å². The van der Waals surface area contributed by atoms with Crippen LogP contribution in [0.25, 0.3) is 33.4 Å². The third kappa shape index (κ3) is 3.06. The van der Waals surface area contributed by atoms with Gasteiger partial charge >= 0.3 is 0 Å². The maximum absolute atomic E-state index is 5.14. The molecular weight excluding hydrogens is 328 g/mol. The number of benzene rings is 3. The van der Waals surface area contributed by atoms with E-state index in [-0.39, 0.29) is 0 Å². The van der Waals surface area contributed by atoms with E-state index in [0.717, 1.165) is 11.5 Å². The number of aromatic nitrogens is 2. The molecule has 0 unspecified atom stereocenters. The van der Waals surface area contributed by atoms with Gasteiger partial charge in [0.25, 0.3) is 0 Å². The molecule has 0 aliphatic heterocycles. The van der Waals surface area contributed by atoms with Crippen molar-refractivity contribution in [3.05, 3.63) is 79.0 Å². The van der Waals surface area contributed by atoms with Crippen molar-refractivity contribution in [3.8, 4) is 22.6 Å². The van der Waals surface area contributed by atoms with Crippen molar-refractivity contribution < 1.29 is 0 Å². The molecule has 0 spiro atoms. The van der Waals surface area contributed by atoms with Crippen LogP contribution in [0.5, 0.6) is 0 Å². The van der Waals surface area contributed by atoms with Crippen LogP contribution in [-0.4, -0.2) is 9.55 Å². The van der Waals surface area contributed by atoms with E-state index >= 15 is 0 Å². The van der Waals surface area contributed by atoms with E-state index in [4.69, 9.17) is 4.98 Å². The predicted molar refractivity (Wildman–Crippen MR) is 113 cm³/mol. The van der Waals surface area contributed by atoms with Gasteiger partial charge < -0.3 is 4.57 Å². The third-order valence-corrected chi connectivity index (χ3v) is 5.80. The zero-order valence-electron chi connectivity index (χ0n) is 15.5. The van der Waals surface area contributed by atoms with Gasteiger partial charge in [0.15, 0.2) is 0 Å². The van der Waals surface area contributed by atoms with Crippen LogP contribution in [0.1, 0.15) is 38.1 Å². The lowest BCUT2D eigenvalue weighted by molar-refractivity contribution is 0.356. The van der Waals surface area contributed by atoms with Gasteiger partial charge in [-0.1, -0.05) is 92.1 Å². The van der Waals surface area contributed by atoms with Gasteiger partial charge in [0, 0.05) is 23.4 Å². The molecular formula is C25H24N2. The molecule has 1 heterocycles. The summed E-state index contributed by atoms with van der Waals surface area (Å²) in [6, 6.07) is 26.3. The number of fused-ring (bicyclic) bond motifs is 1. The standard InChI is InChI=1S/C25H24N2/c1-3-11-20(12-4-1)24-18-27(21-14-5-2-6-15-21)25(26-24)23-17-9-13-19-10-7-8-16-22(19)23/h1,3-4,7-13,16-18,21H,2,5-6,14-15H2. The lowest BCUT2D eigenvalue weighted by Gasteiger charge is -2.25. The first-order valence-electron chi connectivity index (χ1n) is 10.0. The van der Waals surface area contributed by atoms with Crippen LogP contribution >= 0.6 is 0 Å². The van der Waals surface area contributed by atoms with Crippen molar-refractivity contribution in [2.45, 2.75) is 38.1 Å². The zero-order valence-corrected chi connectivity index (χ0v) is 15.5. The predicted octanol–water partition coefficient (Wildman–Crippen LogP) is 6.88. The zero-order chi connectivity index (χ0) is 18.1. The van der Waals surface area contributed by atoms with Crippen molar-refractivity contribution in [1.29, 1.82) is 0 Å². The van der Waals surface area contributed by atoms with E-state index in [1.54, 1.807) is 0 Å². The Hall–Kier alpha value is -2.87. The van der Waals surface area contributed by atoms with Gasteiger partial charge in [-0.2, -0.15) is 0 Å². The summed E-state index contributed by atoms with van der Waals surface area (Å²) in [5, 5.41) is 2.55. The minimum atomic E-state index is 0.553. The number of hydrogen-bond donors (Lipinski definition) is 0. The second kappa shape index (κ2) is 7.03. The molecule has 1 fully saturated rings. The maximum Gasteiger partial charge on any atom is 0.141 e. The van der Waals surface area contributed by atoms with Crippen molar-refractivity contribution in [2.75, 3.05) is 0 Å². The fraction of sp³-hybridized carbons (Fsp3) is 0.240. The molecule has 1 saturated carbocycles. The Morgan fingerprint density at radius 2 is 1.48 bits per heavy atom. The van der Waals surface area contributed by atoms with Gasteiger partial charge in [-0.25, -0.2) is 4.98 Å². The molecule has 0 atom stereocenters. The Balaban J connectivity index is 1.71. The van der Waals surface area contributed by atoms with Crippen molar-refractivity contribution in [2.24, 2.45) is 0 Å². The SMILES string of the molecule is c1ccc(-c2cn(C3CCCCC3)c(-c3cccc4ccccc34)n2)cc1. The van der Waals surface area contributed by atoms with E-state index < -0.39 is 0 Å². The number of hydrogen-bond acceptors (Lipinski definition) is 1. The van der Waals surface area contributed by atoms with E-state index in [2.05, 4.69) is 83.6 Å². The molecule has 27 heavy (non-hydrogen) atoms. The molecule has 2 heteroatoms. The first kappa shape index (κ1) is 16.3. The Bertz CT molecular complexity index is 1050. The molecule has 0 bridgehead atoms. The van der Waals surface area contributed by atoms with Gasteiger partial charge in [-0.15, -0.1) is 0 Å². The average molecular weight is 352 g/mol. The molecule has 1 aliphatic rings. The van der Waals surface area contributed by atoms with Crippen molar-refractivity contribution in [3.63, 3.8) is 0 Å². The second-order valence-electron chi connectivity index (χ2n) is 7.54. The van der Waals surface area contributed by atoms with Crippen LogP contribution in [0.4, 0.5) is 0 Å². The van der Waals surface area contributed by atoms with Crippen LogP contribution in [0.3, 0.4) is 0 Å². The van der Waals surface area contributed by atoms with Crippen molar-refractivity contribution in [1.82, 2.24) is 9.55 Å². The van der Waals surface area contributed by atoms with Gasteiger partial charge in [0.05, 0.1) is 5.69 Å². The minimum absolute atomic E-state index is 0.553. The molecule has 1 aliphatic carbocycles. The van der Waals surface area contributed by atoms with Crippen LogP contribution in [0.15, 0.2) is 79.0 Å². The topological polar surface area (TPSA) is 17.8 Å². The Morgan fingerprint density at radius 3 is 2.33 bits per heavy atom. The Morgan fingerprint density at radius 1 is 0.741 bits per heavy atom. The minimum Gasteiger partial charge on any atom is -0.327 e. The summed E-state index contributed by atoms with van der Waals surface area (Å²) in [4.78, 5) is 5.14. The average Bonchev–Trinajstić information content (AvgIpc) is 3.20. The molecule has 0 amide bonds.